The summed E-state index contributed by atoms with van der Waals surface area (Å²) in [6.07, 6.45) is 0. The fraction of sp³-hybridized carbons (Fsp3) is 0.286. The van der Waals surface area contributed by atoms with E-state index in [-0.39, 0.29) is 5.91 Å². The third-order valence-electron chi connectivity index (χ3n) is 2.87. The van der Waals surface area contributed by atoms with E-state index in [1.54, 1.807) is 6.07 Å². The highest BCUT2D eigenvalue weighted by Gasteiger charge is 2.08. The van der Waals surface area contributed by atoms with Crippen molar-refractivity contribution in [1.82, 2.24) is 15.5 Å². The van der Waals surface area contributed by atoms with Crippen molar-refractivity contribution in [3.63, 3.8) is 0 Å². The highest BCUT2D eigenvalue weighted by atomic mass is 16.1. The number of aromatic nitrogens is 2. The Morgan fingerprint density at radius 2 is 2.11 bits per heavy atom. The normalized spacial score (nSPS) is 10.2. The molecule has 0 aliphatic heterocycles. The van der Waals surface area contributed by atoms with Crippen LogP contribution < -0.4 is 10.2 Å². The van der Waals surface area contributed by atoms with Crippen molar-refractivity contribution in [2.45, 2.75) is 6.92 Å². The third kappa shape index (κ3) is 3.58. The van der Waals surface area contributed by atoms with Gasteiger partial charge in [0.25, 0.3) is 5.91 Å². The van der Waals surface area contributed by atoms with E-state index >= 15 is 0 Å². The topological polar surface area (TPSA) is 61.0 Å². The number of anilines is 1. The molecule has 0 atom stereocenters. The van der Waals surface area contributed by atoms with Crippen molar-refractivity contribution in [3.05, 3.63) is 47.8 Å². The summed E-state index contributed by atoms with van der Waals surface area (Å²) in [5, 5.41) is 9.52. The number of nitrogens with one attached hydrogen (secondary N) is 2. The third-order valence-corrected chi connectivity index (χ3v) is 2.87. The second-order valence-corrected chi connectivity index (χ2v) is 4.45. The number of likely N-dealkylation sites (N-methyl/N-ethyl adjacent to an activating group) is 1. The van der Waals surface area contributed by atoms with Gasteiger partial charge in [-0.05, 0) is 25.1 Å². The first-order valence-electron chi connectivity index (χ1n) is 6.23. The van der Waals surface area contributed by atoms with E-state index in [4.69, 9.17) is 0 Å². The van der Waals surface area contributed by atoms with Gasteiger partial charge in [0.15, 0.2) is 0 Å². The van der Waals surface area contributed by atoms with Crippen LogP contribution in [-0.4, -0.2) is 36.2 Å². The van der Waals surface area contributed by atoms with E-state index in [0.717, 1.165) is 17.9 Å². The maximum absolute atomic E-state index is 11.8. The molecular formula is C14H18N4O. The van der Waals surface area contributed by atoms with Crippen LogP contribution in [-0.2, 0) is 0 Å². The van der Waals surface area contributed by atoms with Crippen molar-refractivity contribution in [3.8, 4) is 0 Å². The lowest BCUT2D eigenvalue weighted by Gasteiger charge is -2.19. The van der Waals surface area contributed by atoms with Crippen LogP contribution in [0.4, 0.5) is 5.69 Å². The van der Waals surface area contributed by atoms with Crippen molar-refractivity contribution in [2.24, 2.45) is 0 Å². The first kappa shape index (κ1) is 13.1. The number of carbonyl (C=O) groups excluding carboxylic acids is 1. The van der Waals surface area contributed by atoms with Crippen LogP contribution >= 0.6 is 0 Å². The molecule has 0 saturated carbocycles. The molecule has 0 bridgehead atoms. The van der Waals surface area contributed by atoms with Gasteiger partial charge >= 0.3 is 0 Å². The lowest BCUT2D eigenvalue weighted by molar-refractivity contribution is 0.0949. The number of aryl methyl sites for hydroxylation is 1. The summed E-state index contributed by atoms with van der Waals surface area (Å²) in [6, 6.07) is 11.8. The number of H-pyrrole nitrogens is 1. The predicted octanol–water partition coefficient (Wildman–Crippen LogP) is 1.58. The highest BCUT2D eigenvalue weighted by Crippen LogP contribution is 2.09. The number of nitrogens with zero attached hydrogens (tertiary/aromatic N) is 2. The Labute approximate surface area is 112 Å². The summed E-state index contributed by atoms with van der Waals surface area (Å²) in [4.78, 5) is 13.9. The summed E-state index contributed by atoms with van der Waals surface area (Å²) in [7, 11) is 2.00. The molecule has 1 heterocycles. The van der Waals surface area contributed by atoms with E-state index in [1.165, 1.54) is 0 Å². The molecule has 5 nitrogen and oxygen atoms in total. The number of aromatic amines is 1. The molecule has 0 radical (unpaired) electrons. The molecule has 2 rings (SSSR count). The summed E-state index contributed by atoms with van der Waals surface area (Å²) >= 11 is 0. The molecular weight excluding hydrogens is 240 g/mol. The molecule has 0 aliphatic rings. The molecule has 0 saturated heterocycles. The maximum atomic E-state index is 11.8. The maximum Gasteiger partial charge on any atom is 0.271 e. The zero-order valence-corrected chi connectivity index (χ0v) is 11.2. The predicted molar refractivity (Wildman–Crippen MR) is 75.4 cm³/mol. The van der Waals surface area contributed by atoms with Gasteiger partial charge in [-0.15, -0.1) is 0 Å². The van der Waals surface area contributed by atoms with Gasteiger partial charge in [0.2, 0.25) is 0 Å². The minimum Gasteiger partial charge on any atom is -0.373 e. The van der Waals surface area contributed by atoms with Gasteiger partial charge in [-0.1, -0.05) is 18.2 Å². The van der Waals surface area contributed by atoms with Crippen LogP contribution in [0.15, 0.2) is 36.4 Å². The number of rotatable bonds is 5. The molecule has 1 aromatic heterocycles. The molecule has 100 valence electrons. The van der Waals surface area contributed by atoms with E-state index in [9.17, 15) is 4.79 Å². The van der Waals surface area contributed by atoms with Gasteiger partial charge in [0, 0.05) is 31.5 Å². The van der Waals surface area contributed by atoms with Gasteiger partial charge in [-0.3, -0.25) is 9.89 Å². The first-order chi connectivity index (χ1) is 9.16. The average molecular weight is 258 g/mol. The van der Waals surface area contributed by atoms with Crippen LogP contribution in [0.1, 0.15) is 16.2 Å². The van der Waals surface area contributed by atoms with E-state index in [2.05, 4.69) is 20.4 Å². The summed E-state index contributed by atoms with van der Waals surface area (Å²) in [6.45, 7) is 3.20. The van der Waals surface area contributed by atoms with E-state index in [1.807, 2.05) is 44.3 Å². The smallest absolute Gasteiger partial charge is 0.271 e. The fourth-order valence-electron chi connectivity index (χ4n) is 1.77. The second kappa shape index (κ2) is 6.04. The number of benzene rings is 1. The lowest BCUT2D eigenvalue weighted by atomic mass is 10.3. The van der Waals surface area contributed by atoms with Gasteiger partial charge in [-0.2, -0.15) is 5.10 Å². The molecule has 0 unspecified atom stereocenters. The molecule has 0 fully saturated rings. The van der Waals surface area contributed by atoms with E-state index in [0.29, 0.717) is 12.2 Å². The molecule has 1 aromatic carbocycles. The van der Waals surface area contributed by atoms with Crippen molar-refractivity contribution in [1.29, 1.82) is 0 Å². The SMILES string of the molecule is Cc1cc(C(=O)NCCN(C)c2ccccc2)n[nH]1. The molecule has 0 aliphatic carbocycles. The molecule has 2 N–H and O–H groups in total. The summed E-state index contributed by atoms with van der Waals surface area (Å²) in [5.74, 6) is -0.147. The van der Waals surface area contributed by atoms with Gasteiger partial charge in [0.05, 0.1) is 0 Å². The average Bonchev–Trinajstić information content (AvgIpc) is 2.86. The Morgan fingerprint density at radius 3 is 2.74 bits per heavy atom. The Morgan fingerprint density at radius 1 is 1.37 bits per heavy atom. The minimum atomic E-state index is -0.147. The molecule has 19 heavy (non-hydrogen) atoms. The Hall–Kier alpha value is -2.30. The van der Waals surface area contributed by atoms with Crippen LogP contribution in [0.25, 0.3) is 0 Å². The molecule has 5 heteroatoms. The number of hydrogen-bond donors (Lipinski definition) is 2. The Balaban J connectivity index is 1.79. The zero-order chi connectivity index (χ0) is 13.7. The first-order valence-corrected chi connectivity index (χ1v) is 6.23. The van der Waals surface area contributed by atoms with Crippen molar-refractivity contribution in [2.75, 3.05) is 25.0 Å². The number of para-hydroxylation sites is 1. The largest absolute Gasteiger partial charge is 0.373 e. The minimum absolute atomic E-state index is 0.147. The van der Waals surface area contributed by atoms with Crippen LogP contribution in [0.2, 0.25) is 0 Å². The summed E-state index contributed by atoms with van der Waals surface area (Å²) in [5.41, 5.74) is 2.44. The van der Waals surface area contributed by atoms with Crippen molar-refractivity contribution >= 4 is 11.6 Å². The fourth-order valence-corrected chi connectivity index (χ4v) is 1.77. The van der Waals surface area contributed by atoms with Gasteiger partial charge in [-0.25, -0.2) is 0 Å². The Kier molecular flexibility index (Phi) is 4.18. The quantitative estimate of drug-likeness (QED) is 0.856. The number of hydrogen-bond acceptors (Lipinski definition) is 3. The monoisotopic (exact) mass is 258 g/mol. The van der Waals surface area contributed by atoms with Gasteiger partial charge in [0.1, 0.15) is 5.69 Å². The summed E-state index contributed by atoms with van der Waals surface area (Å²) < 4.78 is 0. The lowest BCUT2D eigenvalue weighted by Crippen LogP contribution is -2.33. The highest BCUT2D eigenvalue weighted by molar-refractivity contribution is 5.92. The van der Waals surface area contributed by atoms with Crippen LogP contribution in [0.5, 0.6) is 0 Å². The number of carbonyl (C=O) groups is 1. The molecule has 0 spiro atoms. The van der Waals surface area contributed by atoms with E-state index < -0.39 is 0 Å². The number of amides is 1. The van der Waals surface area contributed by atoms with Crippen LogP contribution in [0, 0.1) is 6.92 Å². The van der Waals surface area contributed by atoms with Gasteiger partial charge < -0.3 is 10.2 Å². The van der Waals surface area contributed by atoms with Crippen molar-refractivity contribution < 1.29 is 4.79 Å². The second-order valence-electron chi connectivity index (χ2n) is 4.45. The molecule has 2 aromatic rings. The Bertz CT molecular complexity index is 535. The standard InChI is InChI=1S/C14H18N4O/c1-11-10-13(17-16-11)14(19)15-8-9-18(2)12-6-4-3-5-7-12/h3-7,10H,8-9H2,1-2H3,(H,15,19)(H,16,17). The van der Waals surface area contributed by atoms with Crippen LogP contribution in [0.3, 0.4) is 0 Å². The zero-order valence-electron chi connectivity index (χ0n) is 11.2. The molecule has 1 amide bonds.